The molecule has 0 amide bonds. The second-order valence-corrected chi connectivity index (χ2v) is 8.75. The lowest BCUT2D eigenvalue weighted by atomic mass is 10.2. The Hall–Kier alpha value is -1.13. The van der Waals surface area contributed by atoms with E-state index in [1.807, 2.05) is 32.2 Å². The Morgan fingerprint density at radius 1 is 1.18 bits per heavy atom. The molecule has 0 unspecified atom stereocenters. The number of hydrogen-bond donors (Lipinski definition) is 1. The second-order valence-electron chi connectivity index (χ2n) is 6.62. The van der Waals surface area contributed by atoms with Gasteiger partial charge in [0.2, 0.25) is 10.0 Å². The lowest BCUT2D eigenvalue weighted by molar-refractivity contribution is 0.455. The molecule has 0 heterocycles. The summed E-state index contributed by atoms with van der Waals surface area (Å²) in [6.07, 6.45) is 6.39. The summed E-state index contributed by atoms with van der Waals surface area (Å²) in [6, 6.07) is 7.04. The zero-order valence-electron chi connectivity index (χ0n) is 17.5. The molecule has 0 radical (unpaired) electrons. The lowest BCUT2D eigenvalue weighted by Gasteiger charge is -2.22. The Balaban J connectivity index is 0.00000729. The van der Waals surface area contributed by atoms with Crippen LogP contribution in [0.4, 0.5) is 0 Å². The third-order valence-corrected chi connectivity index (χ3v) is 6.14. The van der Waals surface area contributed by atoms with Crippen LogP contribution in [0.25, 0.3) is 0 Å². The van der Waals surface area contributed by atoms with E-state index < -0.39 is 10.0 Å². The van der Waals surface area contributed by atoms with Gasteiger partial charge in [-0.1, -0.05) is 30.7 Å². The number of halogens is 1. The van der Waals surface area contributed by atoms with Gasteiger partial charge in [-0.25, -0.2) is 17.7 Å². The number of benzene rings is 1. The SMILES string of the molecule is C=CCCCCCN(C)C(=NCc1ccccc1S(=O)(=O)N(C)C)NCC.I. The van der Waals surface area contributed by atoms with E-state index >= 15 is 0 Å². The van der Waals surface area contributed by atoms with Crippen molar-refractivity contribution in [1.82, 2.24) is 14.5 Å². The number of unbranched alkanes of at least 4 members (excludes halogenated alkanes) is 3. The summed E-state index contributed by atoms with van der Waals surface area (Å²) in [7, 11) is 1.60. The smallest absolute Gasteiger partial charge is 0.242 e. The monoisotopic (exact) mass is 522 g/mol. The first kappa shape index (κ1) is 26.9. The van der Waals surface area contributed by atoms with Gasteiger partial charge >= 0.3 is 0 Å². The van der Waals surface area contributed by atoms with E-state index in [0.29, 0.717) is 17.0 Å². The summed E-state index contributed by atoms with van der Waals surface area (Å²) >= 11 is 0. The van der Waals surface area contributed by atoms with Crippen molar-refractivity contribution in [3.05, 3.63) is 42.5 Å². The highest BCUT2D eigenvalue weighted by Gasteiger charge is 2.20. The minimum Gasteiger partial charge on any atom is -0.357 e. The average molecular weight is 522 g/mol. The number of nitrogens with one attached hydrogen (secondary N) is 1. The molecular weight excluding hydrogens is 487 g/mol. The van der Waals surface area contributed by atoms with E-state index in [1.54, 1.807) is 26.2 Å². The molecule has 0 saturated heterocycles. The molecule has 0 aliphatic rings. The zero-order chi connectivity index (χ0) is 20.3. The highest BCUT2D eigenvalue weighted by atomic mass is 127. The first-order valence-corrected chi connectivity index (χ1v) is 10.9. The molecule has 0 aliphatic heterocycles. The molecule has 1 aromatic rings. The Bertz CT molecular complexity index is 721. The Morgan fingerprint density at radius 2 is 1.86 bits per heavy atom. The van der Waals surface area contributed by atoms with Gasteiger partial charge in [-0.2, -0.15) is 0 Å². The number of aliphatic imine (C=N–C) groups is 1. The van der Waals surface area contributed by atoms with Gasteiger partial charge < -0.3 is 10.2 Å². The molecule has 0 atom stereocenters. The molecule has 0 saturated carbocycles. The van der Waals surface area contributed by atoms with Crippen LogP contribution in [0.2, 0.25) is 0 Å². The molecule has 160 valence electrons. The van der Waals surface area contributed by atoms with E-state index in [4.69, 9.17) is 0 Å². The van der Waals surface area contributed by atoms with Crippen LogP contribution in [-0.4, -0.2) is 57.8 Å². The highest BCUT2D eigenvalue weighted by molar-refractivity contribution is 14.0. The van der Waals surface area contributed by atoms with Crippen LogP contribution in [0.5, 0.6) is 0 Å². The van der Waals surface area contributed by atoms with E-state index in [0.717, 1.165) is 44.7 Å². The molecule has 0 spiro atoms. The molecule has 1 N–H and O–H groups in total. The maximum absolute atomic E-state index is 12.5. The molecule has 0 bridgehead atoms. The molecule has 1 rings (SSSR count). The van der Waals surface area contributed by atoms with Crippen molar-refractivity contribution in [2.45, 2.75) is 44.0 Å². The third kappa shape index (κ3) is 8.48. The van der Waals surface area contributed by atoms with Crippen LogP contribution in [-0.2, 0) is 16.6 Å². The summed E-state index contributed by atoms with van der Waals surface area (Å²) < 4.78 is 26.3. The van der Waals surface area contributed by atoms with Crippen molar-refractivity contribution in [3.63, 3.8) is 0 Å². The second kappa shape index (κ2) is 13.9. The first-order valence-electron chi connectivity index (χ1n) is 9.45. The summed E-state index contributed by atoms with van der Waals surface area (Å²) in [6.45, 7) is 7.75. The Kier molecular flexibility index (Phi) is 13.4. The van der Waals surface area contributed by atoms with Crippen molar-refractivity contribution in [3.8, 4) is 0 Å². The summed E-state index contributed by atoms with van der Waals surface area (Å²) in [5.41, 5.74) is 0.695. The predicted molar refractivity (Wildman–Crippen MR) is 129 cm³/mol. The fourth-order valence-corrected chi connectivity index (χ4v) is 3.74. The molecule has 0 aromatic heterocycles. The molecule has 1 aromatic carbocycles. The molecule has 0 fully saturated rings. The standard InChI is InChI=1S/C20H34N4O2S.HI/c1-6-8-9-10-13-16-24(5)20(21-7-2)22-17-18-14-11-12-15-19(18)27(25,26)23(3)4;/h6,11-12,14-15H,1,7-10,13,16-17H2,2-5H3,(H,21,22);1H. The summed E-state index contributed by atoms with van der Waals surface area (Å²) in [5.74, 6) is 0.790. The lowest BCUT2D eigenvalue weighted by Crippen LogP contribution is -2.39. The van der Waals surface area contributed by atoms with E-state index in [1.165, 1.54) is 4.31 Å². The third-order valence-electron chi connectivity index (χ3n) is 4.23. The first-order chi connectivity index (χ1) is 12.8. The largest absolute Gasteiger partial charge is 0.357 e. The minimum absolute atomic E-state index is 0. The van der Waals surface area contributed by atoms with Gasteiger partial charge in [-0.15, -0.1) is 30.6 Å². The van der Waals surface area contributed by atoms with Crippen LogP contribution < -0.4 is 5.32 Å². The van der Waals surface area contributed by atoms with Crippen molar-refractivity contribution in [1.29, 1.82) is 0 Å². The molecule has 6 nitrogen and oxygen atoms in total. The van der Waals surface area contributed by atoms with Crippen molar-refractivity contribution < 1.29 is 8.42 Å². The Morgan fingerprint density at radius 3 is 2.46 bits per heavy atom. The quantitative estimate of drug-likeness (QED) is 0.158. The van der Waals surface area contributed by atoms with Crippen molar-refractivity contribution >= 4 is 40.0 Å². The number of guanidine groups is 1. The number of nitrogens with zero attached hydrogens (tertiary/aromatic N) is 3. The number of allylic oxidation sites excluding steroid dienone is 1. The maximum Gasteiger partial charge on any atom is 0.242 e. The fourth-order valence-electron chi connectivity index (χ4n) is 2.63. The Labute approximate surface area is 188 Å². The van der Waals surface area contributed by atoms with Crippen LogP contribution in [0, 0.1) is 0 Å². The minimum atomic E-state index is -3.49. The predicted octanol–water partition coefficient (Wildman–Crippen LogP) is 3.70. The van der Waals surface area contributed by atoms with Gasteiger partial charge in [-0.3, -0.25) is 0 Å². The molecular formula is C20H35IN4O2S. The van der Waals surface area contributed by atoms with Gasteiger partial charge in [0, 0.05) is 34.2 Å². The molecule has 0 aliphatic carbocycles. The fraction of sp³-hybridized carbons (Fsp3) is 0.550. The number of rotatable bonds is 11. The highest BCUT2D eigenvalue weighted by Crippen LogP contribution is 2.19. The van der Waals surface area contributed by atoms with Crippen molar-refractivity contribution in [2.24, 2.45) is 4.99 Å². The van der Waals surface area contributed by atoms with Gasteiger partial charge in [0.05, 0.1) is 11.4 Å². The molecule has 8 heteroatoms. The van der Waals surface area contributed by atoms with Crippen LogP contribution in [0.1, 0.15) is 38.2 Å². The number of hydrogen-bond acceptors (Lipinski definition) is 3. The molecule has 28 heavy (non-hydrogen) atoms. The van der Waals surface area contributed by atoms with Crippen LogP contribution >= 0.6 is 24.0 Å². The van der Waals surface area contributed by atoms with Gasteiger partial charge in [-0.05, 0) is 37.8 Å². The van der Waals surface area contributed by atoms with Gasteiger partial charge in [0.1, 0.15) is 0 Å². The van der Waals surface area contributed by atoms with Gasteiger partial charge in [0.25, 0.3) is 0 Å². The van der Waals surface area contributed by atoms with E-state index in [2.05, 4.69) is 21.8 Å². The van der Waals surface area contributed by atoms with E-state index in [9.17, 15) is 8.42 Å². The van der Waals surface area contributed by atoms with E-state index in [-0.39, 0.29) is 24.0 Å². The van der Waals surface area contributed by atoms with Crippen LogP contribution in [0.3, 0.4) is 0 Å². The van der Waals surface area contributed by atoms with Crippen molar-refractivity contribution in [2.75, 3.05) is 34.2 Å². The zero-order valence-corrected chi connectivity index (χ0v) is 20.7. The normalized spacial score (nSPS) is 11.8. The number of sulfonamides is 1. The van der Waals surface area contributed by atoms with Gasteiger partial charge in [0.15, 0.2) is 5.96 Å². The maximum atomic E-state index is 12.5. The summed E-state index contributed by atoms with van der Waals surface area (Å²) in [5, 5.41) is 3.29. The topological polar surface area (TPSA) is 65.0 Å². The average Bonchev–Trinajstić information content (AvgIpc) is 2.64. The van der Waals surface area contributed by atoms with Crippen LogP contribution in [0.15, 0.2) is 46.8 Å². The summed E-state index contributed by atoms with van der Waals surface area (Å²) in [4.78, 5) is 7.07.